The molecular formula is C14H13ClN4. The third-order valence-corrected chi connectivity index (χ3v) is 3.82. The van der Waals surface area contributed by atoms with Crippen LogP contribution < -0.4 is 5.73 Å². The van der Waals surface area contributed by atoms with Crippen LogP contribution in [-0.4, -0.2) is 14.8 Å². The minimum absolute atomic E-state index is 0.675. The van der Waals surface area contributed by atoms with Gasteiger partial charge in [-0.3, -0.25) is 4.98 Å². The highest BCUT2D eigenvalue weighted by Crippen LogP contribution is 2.30. The number of anilines is 1. The molecule has 1 aromatic carbocycles. The second kappa shape index (κ2) is 4.24. The third-order valence-electron chi connectivity index (χ3n) is 3.27. The van der Waals surface area contributed by atoms with E-state index in [4.69, 9.17) is 17.3 Å². The Labute approximate surface area is 115 Å². The highest BCUT2D eigenvalue weighted by atomic mass is 35.5. The summed E-state index contributed by atoms with van der Waals surface area (Å²) >= 11 is 6.18. The second-order valence-corrected chi connectivity index (χ2v) is 4.87. The normalized spacial score (nSPS) is 11.1. The molecule has 0 spiro atoms. The molecule has 0 fully saturated rings. The molecule has 0 atom stereocenters. The number of aromatic nitrogens is 3. The van der Waals surface area contributed by atoms with Crippen molar-refractivity contribution in [2.24, 2.45) is 0 Å². The van der Waals surface area contributed by atoms with Gasteiger partial charge in [-0.25, -0.2) is 4.68 Å². The Hall–Kier alpha value is -2.07. The molecule has 2 aromatic heterocycles. The number of nitrogens with two attached hydrogens (primary N) is 1. The predicted molar refractivity (Wildman–Crippen MR) is 77.8 cm³/mol. The van der Waals surface area contributed by atoms with Crippen molar-refractivity contribution in [2.75, 3.05) is 5.73 Å². The van der Waals surface area contributed by atoms with Crippen molar-refractivity contribution >= 4 is 28.1 Å². The summed E-state index contributed by atoms with van der Waals surface area (Å²) in [5.74, 6) is 0. The monoisotopic (exact) mass is 272 g/mol. The van der Waals surface area contributed by atoms with E-state index in [1.54, 1.807) is 17.1 Å². The zero-order valence-electron chi connectivity index (χ0n) is 10.7. The van der Waals surface area contributed by atoms with Gasteiger partial charge in [0.2, 0.25) is 0 Å². The quantitative estimate of drug-likeness (QED) is 0.692. The largest absolute Gasteiger partial charge is 0.396 e. The summed E-state index contributed by atoms with van der Waals surface area (Å²) < 4.78 is 1.78. The number of benzene rings is 1. The fourth-order valence-electron chi connectivity index (χ4n) is 2.22. The number of hydrogen-bond acceptors (Lipinski definition) is 3. The smallest absolute Gasteiger partial charge is 0.0885 e. The SMILES string of the molecule is Cc1nn(-c2ccc3cnccc3c2N)c(C)c1Cl. The maximum atomic E-state index is 6.25. The van der Waals surface area contributed by atoms with Gasteiger partial charge in [-0.15, -0.1) is 0 Å². The van der Waals surface area contributed by atoms with Gasteiger partial charge in [-0.1, -0.05) is 17.7 Å². The third kappa shape index (κ3) is 1.76. The Balaban J connectivity index is 2.31. The fourth-order valence-corrected chi connectivity index (χ4v) is 2.34. The zero-order chi connectivity index (χ0) is 13.6. The van der Waals surface area contributed by atoms with Gasteiger partial charge in [0.15, 0.2) is 0 Å². The van der Waals surface area contributed by atoms with Crippen molar-refractivity contribution in [3.63, 3.8) is 0 Å². The molecule has 3 aromatic rings. The van der Waals surface area contributed by atoms with E-state index in [1.165, 1.54) is 0 Å². The number of nitrogens with zero attached hydrogens (tertiary/aromatic N) is 3. The molecule has 96 valence electrons. The predicted octanol–water partition coefficient (Wildman–Crippen LogP) is 3.27. The summed E-state index contributed by atoms with van der Waals surface area (Å²) in [6, 6.07) is 5.83. The molecule has 2 heterocycles. The van der Waals surface area contributed by atoms with E-state index in [0.29, 0.717) is 10.7 Å². The summed E-state index contributed by atoms with van der Waals surface area (Å²) in [5.41, 5.74) is 9.46. The lowest BCUT2D eigenvalue weighted by molar-refractivity contribution is 0.837. The van der Waals surface area contributed by atoms with E-state index in [0.717, 1.165) is 27.8 Å². The van der Waals surface area contributed by atoms with Crippen molar-refractivity contribution in [3.8, 4) is 5.69 Å². The highest BCUT2D eigenvalue weighted by Gasteiger charge is 2.13. The molecule has 0 saturated carbocycles. The van der Waals surface area contributed by atoms with E-state index >= 15 is 0 Å². The molecule has 0 aliphatic heterocycles. The van der Waals surface area contributed by atoms with E-state index in [9.17, 15) is 0 Å². The van der Waals surface area contributed by atoms with Crippen molar-refractivity contribution in [1.29, 1.82) is 0 Å². The lowest BCUT2D eigenvalue weighted by Gasteiger charge is -2.10. The van der Waals surface area contributed by atoms with Crippen molar-refractivity contribution in [2.45, 2.75) is 13.8 Å². The number of rotatable bonds is 1. The van der Waals surface area contributed by atoms with Gasteiger partial charge in [0.1, 0.15) is 0 Å². The molecule has 0 aliphatic carbocycles. The topological polar surface area (TPSA) is 56.7 Å². The summed E-state index contributed by atoms with van der Waals surface area (Å²) in [5, 5.41) is 7.09. The number of aryl methyl sites for hydroxylation is 1. The van der Waals surface area contributed by atoms with Gasteiger partial charge < -0.3 is 5.73 Å². The maximum Gasteiger partial charge on any atom is 0.0885 e. The number of hydrogen-bond donors (Lipinski definition) is 1. The first-order valence-electron chi connectivity index (χ1n) is 5.94. The lowest BCUT2D eigenvalue weighted by atomic mass is 10.1. The zero-order valence-corrected chi connectivity index (χ0v) is 11.4. The van der Waals surface area contributed by atoms with Gasteiger partial charge >= 0.3 is 0 Å². The molecule has 0 aliphatic rings. The first-order chi connectivity index (χ1) is 9.09. The number of halogens is 1. The number of fused-ring (bicyclic) bond motifs is 1. The van der Waals surface area contributed by atoms with Crippen LogP contribution in [0.1, 0.15) is 11.4 Å². The van der Waals surface area contributed by atoms with Crippen LogP contribution in [0.3, 0.4) is 0 Å². The van der Waals surface area contributed by atoms with Crippen LogP contribution in [0, 0.1) is 13.8 Å². The minimum atomic E-state index is 0.675. The fraction of sp³-hybridized carbons (Fsp3) is 0.143. The molecule has 0 saturated heterocycles. The summed E-state index contributed by atoms with van der Waals surface area (Å²) in [6.07, 6.45) is 3.53. The molecule has 4 nitrogen and oxygen atoms in total. The van der Waals surface area contributed by atoms with Crippen molar-refractivity contribution in [3.05, 3.63) is 47.0 Å². The van der Waals surface area contributed by atoms with Crippen molar-refractivity contribution in [1.82, 2.24) is 14.8 Å². The van der Waals surface area contributed by atoms with E-state index in [-0.39, 0.29) is 0 Å². The standard InChI is InChI=1S/C14H13ClN4/c1-8-13(15)9(2)19(18-8)12-4-3-10-7-17-6-5-11(10)14(12)16/h3-7H,16H2,1-2H3. The summed E-state index contributed by atoms with van der Waals surface area (Å²) in [7, 11) is 0. The maximum absolute atomic E-state index is 6.25. The van der Waals surface area contributed by atoms with Gasteiger partial charge in [0.25, 0.3) is 0 Å². The molecule has 0 bridgehead atoms. The number of nitrogen functional groups attached to an aromatic ring is 1. The summed E-state index contributed by atoms with van der Waals surface area (Å²) in [6.45, 7) is 3.81. The van der Waals surface area contributed by atoms with Gasteiger partial charge in [-0.05, 0) is 26.0 Å². The van der Waals surface area contributed by atoms with Crippen LogP contribution >= 0.6 is 11.6 Å². The lowest BCUT2D eigenvalue weighted by Crippen LogP contribution is -2.04. The average molecular weight is 273 g/mol. The molecule has 0 amide bonds. The highest BCUT2D eigenvalue weighted by molar-refractivity contribution is 6.31. The van der Waals surface area contributed by atoms with Gasteiger partial charge in [-0.2, -0.15) is 5.10 Å². The Morgan fingerprint density at radius 3 is 2.68 bits per heavy atom. The first-order valence-corrected chi connectivity index (χ1v) is 6.31. The average Bonchev–Trinajstić information content (AvgIpc) is 2.67. The van der Waals surface area contributed by atoms with E-state index in [1.807, 2.05) is 32.0 Å². The van der Waals surface area contributed by atoms with Crippen LogP contribution in [0.2, 0.25) is 5.02 Å². The van der Waals surface area contributed by atoms with E-state index < -0.39 is 0 Å². The van der Waals surface area contributed by atoms with Crippen LogP contribution in [0.15, 0.2) is 30.6 Å². The molecule has 5 heteroatoms. The number of pyridine rings is 1. The van der Waals surface area contributed by atoms with Crippen LogP contribution in [0.5, 0.6) is 0 Å². The molecule has 19 heavy (non-hydrogen) atoms. The second-order valence-electron chi connectivity index (χ2n) is 4.49. The van der Waals surface area contributed by atoms with Crippen LogP contribution in [0.25, 0.3) is 16.5 Å². The Kier molecular flexibility index (Phi) is 2.68. The Morgan fingerprint density at radius 1 is 1.21 bits per heavy atom. The molecular weight excluding hydrogens is 260 g/mol. The van der Waals surface area contributed by atoms with E-state index in [2.05, 4.69) is 10.1 Å². The molecule has 3 rings (SSSR count). The minimum Gasteiger partial charge on any atom is -0.396 e. The summed E-state index contributed by atoms with van der Waals surface area (Å²) in [4.78, 5) is 4.09. The van der Waals surface area contributed by atoms with Crippen LogP contribution in [0.4, 0.5) is 5.69 Å². The molecule has 0 radical (unpaired) electrons. The Morgan fingerprint density at radius 2 is 2.00 bits per heavy atom. The Bertz CT molecular complexity index is 776. The molecule has 2 N–H and O–H groups in total. The van der Waals surface area contributed by atoms with Gasteiger partial charge in [0.05, 0.1) is 27.8 Å². The van der Waals surface area contributed by atoms with Gasteiger partial charge in [0, 0.05) is 23.2 Å². The first kappa shape index (κ1) is 12.0. The molecule has 0 unspecified atom stereocenters. The van der Waals surface area contributed by atoms with Crippen LogP contribution in [-0.2, 0) is 0 Å². The van der Waals surface area contributed by atoms with Crippen molar-refractivity contribution < 1.29 is 0 Å².